The summed E-state index contributed by atoms with van der Waals surface area (Å²) in [4.78, 5) is 55.4. The van der Waals surface area contributed by atoms with Gasteiger partial charge in [-0.25, -0.2) is 0 Å². The minimum Gasteiger partial charge on any atom is -0.664 e. The molecule has 0 spiro atoms. The van der Waals surface area contributed by atoms with Crippen molar-refractivity contribution in [1.29, 1.82) is 0 Å². The zero-order valence-corrected chi connectivity index (χ0v) is 31.8. The summed E-state index contributed by atoms with van der Waals surface area (Å²) in [6.45, 7) is 15.7. The number of aromatic nitrogens is 3. The quantitative estimate of drug-likeness (QED) is 0.143. The van der Waals surface area contributed by atoms with Gasteiger partial charge in [-0.15, -0.1) is 33.5 Å². The van der Waals surface area contributed by atoms with Crippen LogP contribution in [-0.2, 0) is 32.1 Å². The normalized spacial score (nSPS) is 22.0. The van der Waals surface area contributed by atoms with E-state index in [0.717, 1.165) is 38.9 Å². The van der Waals surface area contributed by atoms with E-state index in [4.69, 9.17) is 29.7 Å². The van der Waals surface area contributed by atoms with E-state index in [1.807, 2.05) is 59.8 Å². The van der Waals surface area contributed by atoms with Gasteiger partial charge in [0.15, 0.2) is 5.78 Å². The predicted molar refractivity (Wildman–Crippen MR) is 203 cm³/mol. The van der Waals surface area contributed by atoms with Crippen LogP contribution in [0.2, 0.25) is 0 Å². The maximum Gasteiger partial charge on any atom is 2.00 e. The number of fused-ring (bicyclic) bond motifs is 7. The Morgan fingerprint density at radius 2 is 1.71 bits per heavy atom. The molecule has 10 nitrogen and oxygen atoms in total. The Labute approximate surface area is 321 Å². The fraction of sp³-hybridized carbons (Fsp3) is 0.390. The van der Waals surface area contributed by atoms with Crippen molar-refractivity contribution in [1.82, 2.24) is 15.0 Å². The molecule has 3 aromatic heterocycles. The average molecular weight is 715 g/mol. The molecular formula is C41H46MgN4O6-2. The van der Waals surface area contributed by atoms with Crippen LogP contribution in [0.3, 0.4) is 0 Å². The molecule has 0 radical (unpaired) electrons. The molecule has 0 amide bonds. The first-order chi connectivity index (χ1) is 23.9. The average Bonchev–Trinajstić information content (AvgIpc) is 3.83. The van der Waals surface area contributed by atoms with Crippen LogP contribution in [-0.4, -0.2) is 59.6 Å². The van der Waals surface area contributed by atoms with Gasteiger partial charge in [0.1, 0.15) is 12.5 Å². The third-order valence-corrected chi connectivity index (χ3v) is 10.2. The second-order valence-electron chi connectivity index (χ2n) is 13.3. The number of ketones is 1. The zero-order valence-electron chi connectivity index (χ0n) is 30.3. The maximum atomic E-state index is 14.2. The van der Waals surface area contributed by atoms with Crippen molar-refractivity contribution in [2.24, 2.45) is 17.8 Å². The maximum absolute atomic E-state index is 14.2. The van der Waals surface area contributed by atoms with Gasteiger partial charge in [0.25, 0.3) is 0 Å². The van der Waals surface area contributed by atoms with E-state index in [1.54, 1.807) is 12.2 Å². The molecule has 0 unspecified atom stereocenters. The van der Waals surface area contributed by atoms with E-state index in [1.165, 1.54) is 7.11 Å². The Morgan fingerprint density at radius 3 is 2.35 bits per heavy atom. The summed E-state index contributed by atoms with van der Waals surface area (Å²) in [6.07, 6.45) is 10.5. The van der Waals surface area contributed by atoms with Crippen LogP contribution in [0.4, 0.5) is 0 Å². The molecule has 6 rings (SSSR count). The van der Waals surface area contributed by atoms with Gasteiger partial charge in [0, 0.05) is 12.0 Å². The molecule has 3 atom stereocenters. The summed E-state index contributed by atoms with van der Waals surface area (Å²) < 4.78 is 10.6. The van der Waals surface area contributed by atoms with Crippen molar-refractivity contribution in [3.63, 3.8) is 0 Å². The fourth-order valence-corrected chi connectivity index (χ4v) is 7.35. The zero-order chi connectivity index (χ0) is 36.0. The van der Waals surface area contributed by atoms with Gasteiger partial charge in [0.05, 0.1) is 13.7 Å². The minimum absolute atomic E-state index is 0. The summed E-state index contributed by atoms with van der Waals surface area (Å²) in [5.74, 6) is -3.52. The third kappa shape index (κ3) is 6.93. The van der Waals surface area contributed by atoms with Crippen molar-refractivity contribution < 1.29 is 29.0 Å². The van der Waals surface area contributed by atoms with Gasteiger partial charge in [0.2, 0.25) is 0 Å². The van der Waals surface area contributed by atoms with E-state index < -0.39 is 24.3 Å². The van der Waals surface area contributed by atoms with E-state index in [0.29, 0.717) is 57.8 Å². The molecule has 0 saturated carbocycles. The fourth-order valence-electron chi connectivity index (χ4n) is 7.35. The van der Waals surface area contributed by atoms with E-state index >= 15 is 0 Å². The van der Waals surface area contributed by atoms with Gasteiger partial charge >= 0.3 is 35.0 Å². The molecule has 1 N–H and O–H groups in total. The number of methoxy groups -OCH3 is 1. The predicted octanol–water partition coefficient (Wildman–Crippen LogP) is 4.77. The van der Waals surface area contributed by atoms with E-state index in [-0.39, 0.29) is 66.9 Å². The van der Waals surface area contributed by atoms with Gasteiger partial charge in [-0.05, 0) is 69.6 Å². The Kier molecular flexibility index (Phi) is 12.6. The molecular weight excluding hydrogens is 669 g/mol. The Morgan fingerprint density at radius 1 is 1.00 bits per heavy atom. The Bertz CT molecular complexity index is 2150. The van der Waals surface area contributed by atoms with Crippen LogP contribution in [0.15, 0.2) is 29.6 Å². The molecule has 8 bridgehead atoms. The largest absolute Gasteiger partial charge is 2.00 e. The van der Waals surface area contributed by atoms with Crippen molar-refractivity contribution in [2.45, 2.75) is 74.8 Å². The molecule has 11 heteroatoms. The first-order valence-electron chi connectivity index (χ1n) is 17.0. The number of aliphatic hydroxyl groups is 1. The summed E-state index contributed by atoms with van der Waals surface area (Å²) in [6, 6.07) is 0. The van der Waals surface area contributed by atoms with E-state index in [2.05, 4.69) is 6.58 Å². The molecule has 0 aromatic carbocycles. The Balaban J connectivity index is 0.00000302. The third-order valence-electron chi connectivity index (χ3n) is 10.2. The van der Waals surface area contributed by atoms with Gasteiger partial charge in [-0.3, -0.25) is 14.4 Å². The molecule has 2 aliphatic heterocycles. The number of allylic oxidation sites excluding steroid dienone is 3. The van der Waals surface area contributed by atoms with Crippen LogP contribution in [0.5, 0.6) is 0 Å². The first kappa shape index (κ1) is 40.4. The molecule has 1 saturated heterocycles. The van der Waals surface area contributed by atoms with Crippen LogP contribution >= 0.6 is 0 Å². The number of ether oxygens (including phenoxy) is 2. The number of hydrogen-bond acceptors (Lipinski definition) is 6. The van der Waals surface area contributed by atoms with Crippen molar-refractivity contribution in [3.8, 4) is 0 Å². The molecule has 3 aromatic rings. The summed E-state index contributed by atoms with van der Waals surface area (Å²) >= 11 is 0. The smallest absolute Gasteiger partial charge is 0.664 e. The van der Waals surface area contributed by atoms with Gasteiger partial charge in [-0.2, -0.15) is 11.4 Å². The van der Waals surface area contributed by atoms with Gasteiger partial charge in [-0.1, -0.05) is 80.0 Å². The van der Waals surface area contributed by atoms with Crippen molar-refractivity contribution in [2.75, 3.05) is 13.7 Å². The minimum atomic E-state index is -1.32. The number of Topliss-reactive ketones (excluding diaryl/α,β-unsaturated/α-hetero) is 1. The SMILES string of the molecule is C.C=Cc1c2[n-]c(c1C)/C=C1\[N-]/C(=C3\c4[n-]c(c(CO)c4C(=O)[C@@H]3C(=O)OC)/C=c3\[n-]/c(c(C)c3CC)=C\2)[C@@H](CCC(=O)OCC=C(C)C)[C@@H]1C.[Mg+2]. The number of aliphatic hydroxyl groups excluding tert-OH is 1. The number of esters is 2. The topological polar surface area (TPSA) is 146 Å². The standard InChI is InChI=1S/C40H43N4O6.CH4.Mg/c1-9-23-20(5)27-15-29-22(7)25(11-12-33(46)50-14-13-19(3)4)37(43-29)35-36(40(48)49-8)39(47)34-26(18-45)32(44-38(34)35)17-31-24(10-2)21(6)28(42-31)16-30(23)41-27;;/h9,13,15-17,22,25,36,45H,1,10-12,14,18H2,2-8H3,(H-,43,44,47);1H4;/q-3;;+2/p-1/b28-16-,29-15-,31-17-;;/t22-,25-,36+;;/m0../s1. The first-order valence-corrected chi connectivity index (χ1v) is 17.0. The van der Waals surface area contributed by atoms with Crippen LogP contribution < -0.4 is 25.7 Å². The molecule has 3 aliphatic rings. The van der Waals surface area contributed by atoms with Crippen LogP contribution in [0.25, 0.3) is 35.2 Å². The summed E-state index contributed by atoms with van der Waals surface area (Å²) in [5.41, 5.74) is 9.02. The second kappa shape index (κ2) is 16.1. The molecule has 52 heavy (non-hydrogen) atoms. The van der Waals surface area contributed by atoms with Crippen LogP contribution in [0, 0.1) is 31.6 Å². The van der Waals surface area contributed by atoms with Crippen LogP contribution in [0.1, 0.15) is 109 Å². The summed E-state index contributed by atoms with van der Waals surface area (Å²) in [5, 5.41) is 17.2. The Hall–Kier alpha value is -4.32. The molecule has 1 fully saturated rings. The van der Waals surface area contributed by atoms with Crippen molar-refractivity contribution in [3.05, 3.63) is 102 Å². The van der Waals surface area contributed by atoms with E-state index in [9.17, 15) is 19.5 Å². The monoisotopic (exact) mass is 714 g/mol. The summed E-state index contributed by atoms with van der Waals surface area (Å²) in [7, 11) is 1.24. The molecule has 270 valence electrons. The molecule has 1 aliphatic carbocycles. The number of nitrogens with zero attached hydrogens (tertiary/aromatic N) is 4. The van der Waals surface area contributed by atoms with Gasteiger partial charge < -0.3 is 34.8 Å². The molecule has 5 heterocycles. The second-order valence-corrected chi connectivity index (χ2v) is 13.3. The number of carbonyl (C=O) groups is 3. The number of hydrogen-bond donors (Lipinski definition) is 1. The number of rotatable bonds is 9. The number of carbonyl (C=O) groups excluding carboxylic acids is 3. The van der Waals surface area contributed by atoms with Crippen molar-refractivity contribution >= 4 is 70.7 Å².